The lowest BCUT2D eigenvalue weighted by molar-refractivity contribution is 0.0602. The summed E-state index contributed by atoms with van der Waals surface area (Å²) in [4.78, 5) is 33.2. The zero-order chi connectivity index (χ0) is 23.5. The Morgan fingerprint density at radius 2 is 1.97 bits per heavy atom. The van der Waals surface area contributed by atoms with Crippen molar-refractivity contribution >= 4 is 39.4 Å². The second-order valence-corrected chi connectivity index (χ2v) is 11.5. The molecule has 3 heterocycles. The van der Waals surface area contributed by atoms with Crippen LogP contribution in [-0.2, 0) is 0 Å². The maximum Gasteiger partial charge on any atom is 0.205 e. The molecule has 5 nitrogen and oxygen atoms in total. The first-order valence-corrected chi connectivity index (χ1v) is 12.9. The number of thiophene rings is 1. The van der Waals surface area contributed by atoms with Crippen molar-refractivity contribution in [1.82, 2.24) is 0 Å². The van der Waals surface area contributed by atoms with E-state index in [4.69, 9.17) is 4.99 Å². The van der Waals surface area contributed by atoms with E-state index in [2.05, 4.69) is 20.8 Å². The molecule has 4 atom stereocenters. The van der Waals surface area contributed by atoms with Crippen molar-refractivity contribution in [2.24, 2.45) is 22.7 Å². The number of hydrogen-bond acceptors (Lipinski definition) is 6. The fourth-order valence-electron chi connectivity index (χ4n) is 5.89. The fraction of sp³-hybridized carbons (Fsp3) is 0.519. The Kier molecular flexibility index (Phi) is 5.57. The molecule has 174 valence electrons. The van der Waals surface area contributed by atoms with Crippen LogP contribution in [0.3, 0.4) is 0 Å². The van der Waals surface area contributed by atoms with E-state index >= 15 is 0 Å². The number of aliphatic imine (C=N–C) groups is 1. The number of ketones is 2. The predicted octanol–water partition coefficient (Wildman–Crippen LogP) is 5.99. The lowest BCUT2D eigenvalue weighted by atomic mass is 9.69. The SMILES string of the molecule is CC(=O)c1ccc(N2CCC3(O)C(=O)c4cc(C5CC(C)CCC5C(C)C)sc4N=C23)cc1. The average molecular weight is 465 g/mol. The van der Waals surface area contributed by atoms with Crippen molar-refractivity contribution in [2.45, 2.75) is 64.9 Å². The van der Waals surface area contributed by atoms with Crippen LogP contribution in [0.25, 0.3) is 0 Å². The molecule has 0 radical (unpaired) electrons. The number of benzene rings is 1. The average Bonchev–Trinajstić information content (AvgIpc) is 3.36. The van der Waals surface area contributed by atoms with Gasteiger partial charge in [-0.25, -0.2) is 4.99 Å². The van der Waals surface area contributed by atoms with Crippen molar-refractivity contribution in [2.75, 3.05) is 11.4 Å². The van der Waals surface area contributed by atoms with E-state index < -0.39 is 5.60 Å². The number of fused-ring (bicyclic) bond motifs is 2. The lowest BCUT2D eigenvalue weighted by Crippen LogP contribution is -2.48. The first-order valence-electron chi connectivity index (χ1n) is 12.1. The molecule has 6 heteroatoms. The Hall–Kier alpha value is -2.31. The van der Waals surface area contributed by atoms with Gasteiger partial charge in [0.1, 0.15) is 5.00 Å². The molecule has 1 saturated heterocycles. The molecule has 2 fully saturated rings. The highest BCUT2D eigenvalue weighted by molar-refractivity contribution is 7.16. The third kappa shape index (κ3) is 3.68. The number of carbonyl (C=O) groups excluding carboxylic acids is 2. The maximum atomic E-state index is 13.5. The lowest BCUT2D eigenvalue weighted by Gasteiger charge is -2.37. The third-order valence-electron chi connectivity index (χ3n) is 7.86. The molecule has 3 aliphatic rings. The molecule has 0 bridgehead atoms. The predicted molar refractivity (Wildman–Crippen MR) is 133 cm³/mol. The molecule has 1 aromatic heterocycles. The molecule has 0 amide bonds. The quantitative estimate of drug-likeness (QED) is 0.564. The highest BCUT2D eigenvalue weighted by atomic mass is 32.1. The minimum absolute atomic E-state index is 0.0113. The Balaban J connectivity index is 1.52. The van der Waals surface area contributed by atoms with Crippen LogP contribution in [0, 0.1) is 17.8 Å². The van der Waals surface area contributed by atoms with Gasteiger partial charge in [0.15, 0.2) is 17.2 Å². The number of amidine groups is 1. The number of rotatable bonds is 4. The van der Waals surface area contributed by atoms with Gasteiger partial charge in [-0.2, -0.15) is 0 Å². The van der Waals surface area contributed by atoms with E-state index in [-0.39, 0.29) is 11.6 Å². The van der Waals surface area contributed by atoms with Gasteiger partial charge in [-0.15, -0.1) is 11.3 Å². The molecule has 2 aromatic rings. The molecule has 33 heavy (non-hydrogen) atoms. The number of hydrogen-bond donors (Lipinski definition) is 1. The first kappa shape index (κ1) is 22.5. The minimum Gasteiger partial charge on any atom is -0.374 e. The Morgan fingerprint density at radius 1 is 1.24 bits per heavy atom. The number of nitrogens with zero attached hydrogens (tertiary/aromatic N) is 2. The first-order chi connectivity index (χ1) is 15.7. The van der Waals surface area contributed by atoms with Gasteiger partial charge in [0, 0.05) is 29.1 Å². The van der Waals surface area contributed by atoms with Gasteiger partial charge in [-0.3, -0.25) is 9.59 Å². The molecule has 0 spiro atoms. The number of carbonyl (C=O) groups is 2. The van der Waals surface area contributed by atoms with Crippen LogP contribution >= 0.6 is 11.3 Å². The summed E-state index contributed by atoms with van der Waals surface area (Å²) in [6.45, 7) is 8.98. The van der Waals surface area contributed by atoms with Crippen LogP contribution in [0.4, 0.5) is 10.7 Å². The monoisotopic (exact) mass is 464 g/mol. The van der Waals surface area contributed by atoms with Crippen molar-refractivity contribution in [3.05, 3.63) is 46.3 Å². The van der Waals surface area contributed by atoms with E-state index in [1.807, 2.05) is 23.1 Å². The summed E-state index contributed by atoms with van der Waals surface area (Å²) < 4.78 is 0. The summed E-state index contributed by atoms with van der Waals surface area (Å²) in [7, 11) is 0. The van der Waals surface area contributed by atoms with Gasteiger partial charge < -0.3 is 10.0 Å². The molecule has 4 unspecified atom stereocenters. The van der Waals surface area contributed by atoms with Crippen molar-refractivity contribution in [3.8, 4) is 0 Å². The second kappa shape index (κ2) is 8.17. The summed E-state index contributed by atoms with van der Waals surface area (Å²) in [5.74, 6) is 2.55. The molecule has 1 aliphatic carbocycles. The van der Waals surface area contributed by atoms with Crippen LogP contribution < -0.4 is 4.90 Å². The second-order valence-electron chi connectivity index (χ2n) is 10.4. The van der Waals surface area contributed by atoms with Crippen molar-refractivity contribution < 1.29 is 14.7 Å². The molecular weight excluding hydrogens is 432 g/mol. The van der Waals surface area contributed by atoms with Crippen molar-refractivity contribution in [1.29, 1.82) is 0 Å². The van der Waals surface area contributed by atoms with E-state index in [0.29, 0.717) is 53.6 Å². The molecule has 1 saturated carbocycles. The number of anilines is 1. The summed E-state index contributed by atoms with van der Waals surface area (Å²) in [5.41, 5.74) is 0.475. The third-order valence-corrected chi connectivity index (χ3v) is 9.02. The van der Waals surface area contributed by atoms with Gasteiger partial charge in [-0.1, -0.05) is 27.2 Å². The highest BCUT2D eigenvalue weighted by Gasteiger charge is 2.53. The van der Waals surface area contributed by atoms with Crippen LogP contribution in [0.15, 0.2) is 35.3 Å². The van der Waals surface area contributed by atoms with Crippen LogP contribution in [0.2, 0.25) is 0 Å². The van der Waals surface area contributed by atoms with Crippen LogP contribution in [0.1, 0.15) is 84.9 Å². The van der Waals surface area contributed by atoms with Gasteiger partial charge in [0.05, 0.1) is 5.56 Å². The van der Waals surface area contributed by atoms with Crippen molar-refractivity contribution in [3.63, 3.8) is 0 Å². The van der Waals surface area contributed by atoms with E-state index in [1.165, 1.54) is 17.7 Å². The maximum absolute atomic E-state index is 13.5. The highest BCUT2D eigenvalue weighted by Crippen LogP contribution is 2.50. The van der Waals surface area contributed by atoms with E-state index in [0.717, 1.165) is 17.1 Å². The van der Waals surface area contributed by atoms with Gasteiger partial charge in [0.2, 0.25) is 5.78 Å². The fourth-order valence-corrected chi connectivity index (χ4v) is 7.10. The summed E-state index contributed by atoms with van der Waals surface area (Å²) in [5, 5.41) is 12.2. The minimum atomic E-state index is -1.58. The molecule has 5 rings (SSSR count). The molecule has 2 aliphatic heterocycles. The Bertz CT molecular complexity index is 1130. The zero-order valence-electron chi connectivity index (χ0n) is 19.8. The smallest absolute Gasteiger partial charge is 0.205 e. The molecule has 1 aromatic carbocycles. The largest absolute Gasteiger partial charge is 0.374 e. The molecule has 1 N–H and O–H groups in total. The topological polar surface area (TPSA) is 70.0 Å². The number of Topliss-reactive ketones (excluding diaryl/α,β-unsaturated/α-hetero) is 2. The Labute approximate surface area is 199 Å². The normalized spacial score (nSPS) is 29.2. The van der Waals surface area contributed by atoms with Crippen LogP contribution in [-0.4, -0.2) is 34.7 Å². The summed E-state index contributed by atoms with van der Waals surface area (Å²) in [6.07, 6.45) is 3.95. The van der Waals surface area contributed by atoms with E-state index in [9.17, 15) is 14.7 Å². The van der Waals surface area contributed by atoms with Gasteiger partial charge in [-0.05, 0) is 73.8 Å². The van der Waals surface area contributed by atoms with Crippen LogP contribution in [0.5, 0.6) is 0 Å². The van der Waals surface area contributed by atoms with Gasteiger partial charge >= 0.3 is 0 Å². The summed E-state index contributed by atoms with van der Waals surface area (Å²) >= 11 is 1.63. The van der Waals surface area contributed by atoms with Gasteiger partial charge in [0.25, 0.3) is 0 Å². The molecular formula is C27H32N2O3S. The summed E-state index contributed by atoms with van der Waals surface area (Å²) in [6, 6.07) is 9.32. The number of aliphatic hydroxyl groups is 1. The zero-order valence-corrected chi connectivity index (χ0v) is 20.6. The van der Waals surface area contributed by atoms with E-state index in [1.54, 1.807) is 30.4 Å². The Morgan fingerprint density at radius 3 is 2.64 bits per heavy atom. The standard InChI is InChI=1S/C27H32N2O3S/c1-15(2)20-10-5-16(3)13-21(20)23-14-22-24(31)27(32)11-12-29(26(27)28-25(22)33-23)19-8-6-18(7-9-19)17(4)30/h6-9,14-16,20-21,32H,5,10-13H2,1-4H3.